The van der Waals surface area contributed by atoms with Crippen LogP contribution >= 0.6 is 0 Å². The first-order chi connectivity index (χ1) is 10.5. The van der Waals surface area contributed by atoms with Gasteiger partial charge in [-0.3, -0.25) is 14.2 Å². The number of pyridine rings is 1. The van der Waals surface area contributed by atoms with Gasteiger partial charge in [0, 0.05) is 7.05 Å². The summed E-state index contributed by atoms with van der Waals surface area (Å²) in [6.07, 6.45) is 3.46. The number of aromatic nitrogens is 5. The lowest BCUT2D eigenvalue weighted by Crippen LogP contribution is -2.40. The highest BCUT2D eigenvalue weighted by Gasteiger charge is 2.22. The molecule has 3 heterocycles. The lowest BCUT2D eigenvalue weighted by Gasteiger charge is -2.02. The molecule has 0 atom stereocenters. The molecule has 3 aromatic rings. The van der Waals surface area contributed by atoms with Crippen molar-refractivity contribution in [2.75, 3.05) is 0 Å². The van der Waals surface area contributed by atoms with E-state index in [4.69, 9.17) is 5.11 Å². The van der Waals surface area contributed by atoms with Crippen LogP contribution in [0, 0.1) is 0 Å². The second kappa shape index (κ2) is 4.95. The Morgan fingerprint density at radius 3 is 2.64 bits per heavy atom. The highest BCUT2D eigenvalue weighted by molar-refractivity contribution is 5.71. The van der Waals surface area contributed by atoms with Gasteiger partial charge in [-0.2, -0.15) is 0 Å². The van der Waals surface area contributed by atoms with E-state index in [-0.39, 0.29) is 11.2 Å². The number of aromatic amines is 1. The Bertz CT molecular complexity index is 983. The Morgan fingerprint density at radius 2 is 2.00 bits per heavy atom. The maximum absolute atomic E-state index is 12.3. The zero-order valence-corrected chi connectivity index (χ0v) is 11.6. The van der Waals surface area contributed by atoms with Crippen molar-refractivity contribution in [2.24, 2.45) is 7.05 Å². The summed E-state index contributed by atoms with van der Waals surface area (Å²) in [4.78, 5) is 42.2. The molecule has 2 N–H and O–H groups in total. The minimum Gasteiger partial charge on any atom is -0.480 e. The zero-order valence-electron chi connectivity index (χ0n) is 11.6. The summed E-state index contributed by atoms with van der Waals surface area (Å²) in [5.74, 6) is -0.911. The number of imidazole rings is 1. The number of carboxylic acid groups (broad SMARTS) is 1. The van der Waals surface area contributed by atoms with Gasteiger partial charge in [0.05, 0.1) is 12.4 Å². The van der Waals surface area contributed by atoms with Gasteiger partial charge in [0.2, 0.25) is 5.52 Å². The van der Waals surface area contributed by atoms with Gasteiger partial charge in [-0.15, -0.1) is 0 Å². The molecular weight excluding hydrogens is 290 g/mol. The van der Waals surface area contributed by atoms with E-state index in [0.717, 1.165) is 4.57 Å². The number of carboxylic acids is 1. The number of aliphatic carboxylic acids is 1. The standard InChI is InChI=1S/C13H11N5O4/c1-16-10-9(11(21)18(13(16)22)7-8(19)20)14-12(15-10)17-5-3-2-4-6-17/h2-6H,7H2,1H3,(H-,14,15,19,20,21)/p+1. The summed E-state index contributed by atoms with van der Waals surface area (Å²) in [5, 5.41) is 8.82. The van der Waals surface area contributed by atoms with Crippen LogP contribution in [-0.4, -0.2) is 30.2 Å². The van der Waals surface area contributed by atoms with Crippen LogP contribution in [0.1, 0.15) is 0 Å². The van der Waals surface area contributed by atoms with Gasteiger partial charge in [0.1, 0.15) is 6.54 Å². The van der Waals surface area contributed by atoms with Crippen LogP contribution in [0.2, 0.25) is 0 Å². The van der Waals surface area contributed by atoms with E-state index in [0.29, 0.717) is 10.5 Å². The van der Waals surface area contributed by atoms with Crippen LogP contribution in [0.5, 0.6) is 0 Å². The molecule has 0 aliphatic heterocycles. The van der Waals surface area contributed by atoms with Crippen molar-refractivity contribution in [1.82, 2.24) is 19.1 Å². The smallest absolute Gasteiger partial charge is 0.403 e. The minimum atomic E-state index is -1.27. The molecule has 3 aromatic heterocycles. The quantitative estimate of drug-likeness (QED) is 0.589. The first-order valence-corrected chi connectivity index (χ1v) is 6.37. The molecule has 0 aliphatic rings. The Labute approximate surface area is 122 Å². The molecular formula is C13H12N5O4+. The Balaban J connectivity index is 2.31. The molecule has 9 nitrogen and oxygen atoms in total. The van der Waals surface area contributed by atoms with E-state index in [2.05, 4.69) is 9.97 Å². The fraction of sp³-hybridized carbons (Fsp3) is 0.154. The summed E-state index contributed by atoms with van der Waals surface area (Å²) >= 11 is 0. The second-order valence-corrected chi connectivity index (χ2v) is 4.67. The Morgan fingerprint density at radius 1 is 1.32 bits per heavy atom. The zero-order chi connectivity index (χ0) is 15.9. The average molecular weight is 302 g/mol. The number of carbonyl (C=O) groups is 1. The number of hydrogen-bond acceptors (Lipinski definition) is 4. The van der Waals surface area contributed by atoms with Gasteiger partial charge in [0.15, 0.2) is 0 Å². The average Bonchev–Trinajstić information content (AvgIpc) is 2.96. The third-order valence-electron chi connectivity index (χ3n) is 3.22. The lowest BCUT2D eigenvalue weighted by atomic mass is 10.5. The van der Waals surface area contributed by atoms with E-state index in [9.17, 15) is 14.4 Å². The van der Waals surface area contributed by atoms with Crippen molar-refractivity contribution in [2.45, 2.75) is 6.54 Å². The summed E-state index contributed by atoms with van der Waals surface area (Å²) in [5.41, 5.74) is -1.19. The van der Waals surface area contributed by atoms with Gasteiger partial charge in [-0.1, -0.05) is 6.07 Å². The van der Waals surface area contributed by atoms with E-state index in [1.807, 2.05) is 6.07 Å². The molecule has 22 heavy (non-hydrogen) atoms. The molecule has 0 amide bonds. The van der Waals surface area contributed by atoms with Crippen molar-refractivity contribution in [3.8, 4) is 5.95 Å². The maximum atomic E-state index is 12.3. The van der Waals surface area contributed by atoms with E-state index >= 15 is 0 Å². The number of H-pyrrole nitrogens is 1. The number of hydrogen-bond donors (Lipinski definition) is 2. The first-order valence-electron chi connectivity index (χ1n) is 6.37. The van der Waals surface area contributed by atoms with Gasteiger partial charge in [-0.05, 0) is 17.1 Å². The largest absolute Gasteiger partial charge is 0.480 e. The molecule has 0 saturated carbocycles. The molecule has 112 valence electrons. The predicted octanol–water partition coefficient (Wildman–Crippen LogP) is -1.22. The summed E-state index contributed by atoms with van der Waals surface area (Å²) < 4.78 is 3.44. The van der Waals surface area contributed by atoms with Gasteiger partial charge in [0.25, 0.3) is 11.2 Å². The molecule has 0 radical (unpaired) electrons. The minimum absolute atomic E-state index is 0.0784. The molecule has 0 bridgehead atoms. The topological polar surface area (TPSA) is 114 Å². The van der Waals surface area contributed by atoms with Crippen LogP contribution in [-0.2, 0) is 18.4 Å². The summed E-state index contributed by atoms with van der Waals surface area (Å²) in [6, 6.07) is 5.40. The third-order valence-corrected chi connectivity index (χ3v) is 3.22. The van der Waals surface area contributed by atoms with Crippen molar-refractivity contribution in [3.63, 3.8) is 0 Å². The normalized spacial score (nSPS) is 11.0. The fourth-order valence-corrected chi connectivity index (χ4v) is 2.17. The monoisotopic (exact) mass is 302 g/mol. The van der Waals surface area contributed by atoms with Crippen molar-refractivity contribution in [3.05, 3.63) is 51.4 Å². The molecule has 0 aromatic carbocycles. The third kappa shape index (κ3) is 2.08. The van der Waals surface area contributed by atoms with Crippen LogP contribution in [0.25, 0.3) is 17.1 Å². The van der Waals surface area contributed by atoms with Crippen molar-refractivity contribution >= 4 is 17.1 Å². The SMILES string of the molecule is Cn1c(=O)n(CC(=O)O)c(=O)c2[nH]c(-[n+]3ccccc3)nc21. The van der Waals surface area contributed by atoms with E-state index < -0.39 is 23.8 Å². The number of rotatable bonds is 3. The number of nitrogens with zero attached hydrogens (tertiary/aromatic N) is 4. The fourth-order valence-electron chi connectivity index (χ4n) is 2.17. The molecule has 9 heteroatoms. The lowest BCUT2D eigenvalue weighted by molar-refractivity contribution is -0.603. The highest BCUT2D eigenvalue weighted by atomic mass is 16.4. The predicted molar refractivity (Wildman–Crippen MR) is 74.8 cm³/mol. The van der Waals surface area contributed by atoms with Crippen LogP contribution in [0.4, 0.5) is 0 Å². The van der Waals surface area contributed by atoms with Gasteiger partial charge in [-0.25, -0.2) is 18.9 Å². The Kier molecular flexibility index (Phi) is 3.09. The number of nitrogens with one attached hydrogen (secondary N) is 1. The first kappa shape index (κ1) is 13.7. The second-order valence-electron chi connectivity index (χ2n) is 4.67. The van der Waals surface area contributed by atoms with Crippen molar-refractivity contribution < 1.29 is 14.5 Å². The van der Waals surface area contributed by atoms with Crippen LogP contribution in [0.3, 0.4) is 0 Å². The van der Waals surface area contributed by atoms with E-state index in [1.165, 1.54) is 7.05 Å². The molecule has 0 saturated heterocycles. The molecule has 0 aliphatic carbocycles. The molecule has 0 fully saturated rings. The highest BCUT2D eigenvalue weighted by Crippen LogP contribution is 2.04. The molecule has 0 spiro atoms. The van der Waals surface area contributed by atoms with Gasteiger partial charge >= 0.3 is 17.6 Å². The molecule has 0 unspecified atom stereocenters. The van der Waals surface area contributed by atoms with Crippen molar-refractivity contribution in [1.29, 1.82) is 0 Å². The molecule has 3 rings (SSSR count). The summed E-state index contributed by atoms with van der Waals surface area (Å²) in [7, 11) is 1.43. The summed E-state index contributed by atoms with van der Waals surface area (Å²) in [6.45, 7) is -0.700. The van der Waals surface area contributed by atoms with E-state index in [1.54, 1.807) is 29.1 Å². The van der Waals surface area contributed by atoms with Gasteiger partial charge < -0.3 is 5.11 Å². The Hall–Kier alpha value is -3.23. The maximum Gasteiger partial charge on any atom is 0.403 e. The van der Waals surface area contributed by atoms with Crippen LogP contribution < -0.4 is 15.8 Å². The number of aryl methyl sites for hydroxylation is 1. The number of fused-ring (bicyclic) bond motifs is 1. The van der Waals surface area contributed by atoms with Crippen LogP contribution in [0.15, 0.2) is 40.2 Å².